The second kappa shape index (κ2) is 5.24. The second-order valence-electron chi connectivity index (χ2n) is 3.62. The van der Waals surface area contributed by atoms with Crippen LogP contribution < -0.4 is 4.72 Å². The average molecular weight is 266 g/mol. The van der Waals surface area contributed by atoms with Crippen molar-refractivity contribution in [3.05, 3.63) is 60.2 Å². The number of rotatable bonds is 4. The lowest BCUT2D eigenvalue weighted by atomic mass is 10.3. The summed E-state index contributed by atoms with van der Waals surface area (Å²) in [5.74, 6) is -0.767. The van der Waals surface area contributed by atoms with Crippen LogP contribution in [0.4, 0.5) is 4.39 Å². The zero-order valence-corrected chi connectivity index (χ0v) is 10.2. The number of aromatic nitrogens is 1. The van der Waals surface area contributed by atoms with Crippen molar-refractivity contribution >= 4 is 10.0 Å². The normalized spacial score (nSPS) is 11.4. The number of benzene rings is 1. The Balaban J connectivity index is 2.16. The van der Waals surface area contributed by atoms with E-state index in [-0.39, 0.29) is 11.4 Å². The summed E-state index contributed by atoms with van der Waals surface area (Å²) in [6.45, 7) is 0.0739. The Morgan fingerprint density at radius 3 is 2.61 bits per heavy atom. The Bertz CT molecular complexity index is 630. The monoisotopic (exact) mass is 266 g/mol. The number of sulfonamides is 1. The summed E-state index contributed by atoms with van der Waals surface area (Å²) in [7, 11) is -3.84. The fourth-order valence-corrected chi connectivity index (χ4v) is 2.52. The lowest BCUT2D eigenvalue weighted by Crippen LogP contribution is -2.24. The predicted octanol–water partition coefficient (Wildman–Crippen LogP) is 1.70. The molecule has 6 heteroatoms. The molecule has 0 spiro atoms. The molecule has 18 heavy (non-hydrogen) atoms. The molecule has 0 aliphatic rings. The molecule has 0 saturated heterocycles. The van der Waals surface area contributed by atoms with Crippen molar-refractivity contribution < 1.29 is 12.8 Å². The summed E-state index contributed by atoms with van der Waals surface area (Å²) in [5, 5.41) is 0. The molecule has 1 heterocycles. The van der Waals surface area contributed by atoms with E-state index < -0.39 is 15.8 Å². The molecule has 2 rings (SSSR count). The van der Waals surface area contributed by atoms with Crippen molar-refractivity contribution in [2.75, 3.05) is 0 Å². The molecular weight excluding hydrogens is 255 g/mol. The number of nitrogens with one attached hydrogen (secondary N) is 1. The van der Waals surface area contributed by atoms with Gasteiger partial charge in [-0.05, 0) is 23.8 Å². The number of hydrogen-bond donors (Lipinski definition) is 1. The van der Waals surface area contributed by atoms with Crippen molar-refractivity contribution in [1.29, 1.82) is 0 Å². The number of nitrogens with zero attached hydrogens (tertiary/aromatic N) is 1. The zero-order chi connectivity index (χ0) is 13.0. The van der Waals surface area contributed by atoms with E-state index in [1.54, 1.807) is 24.5 Å². The van der Waals surface area contributed by atoms with Crippen LogP contribution in [0, 0.1) is 5.82 Å². The van der Waals surface area contributed by atoms with E-state index in [0.29, 0.717) is 5.56 Å². The van der Waals surface area contributed by atoms with Crippen molar-refractivity contribution in [2.45, 2.75) is 11.4 Å². The van der Waals surface area contributed by atoms with Crippen LogP contribution in [-0.2, 0) is 16.6 Å². The lowest BCUT2D eigenvalue weighted by Gasteiger charge is -2.07. The van der Waals surface area contributed by atoms with Crippen LogP contribution in [0.2, 0.25) is 0 Å². The highest BCUT2D eigenvalue weighted by Gasteiger charge is 2.17. The predicted molar refractivity (Wildman–Crippen MR) is 64.7 cm³/mol. The molecule has 1 N–H and O–H groups in total. The summed E-state index contributed by atoms with van der Waals surface area (Å²) in [6.07, 6.45) is 3.14. The molecule has 0 aliphatic carbocycles. The maximum atomic E-state index is 13.4. The number of hydrogen-bond acceptors (Lipinski definition) is 3. The molecule has 0 radical (unpaired) electrons. The van der Waals surface area contributed by atoms with Crippen molar-refractivity contribution in [3.8, 4) is 0 Å². The first-order valence-electron chi connectivity index (χ1n) is 5.23. The van der Waals surface area contributed by atoms with Gasteiger partial charge in [0.25, 0.3) is 0 Å². The molecule has 0 fully saturated rings. The van der Waals surface area contributed by atoms with Crippen LogP contribution in [0.5, 0.6) is 0 Å². The molecule has 1 aromatic carbocycles. The lowest BCUT2D eigenvalue weighted by molar-refractivity contribution is 0.557. The van der Waals surface area contributed by atoms with E-state index in [4.69, 9.17) is 0 Å². The van der Waals surface area contributed by atoms with Crippen LogP contribution in [0.25, 0.3) is 0 Å². The fourth-order valence-electron chi connectivity index (χ4n) is 1.42. The van der Waals surface area contributed by atoms with Gasteiger partial charge in [-0.15, -0.1) is 0 Å². The van der Waals surface area contributed by atoms with Crippen LogP contribution in [0.3, 0.4) is 0 Å². The third-order valence-corrected chi connectivity index (χ3v) is 3.75. The fraction of sp³-hybridized carbons (Fsp3) is 0.0833. The quantitative estimate of drug-likeness (QED) is 0.916. The van der Waals surface area contributed by atoms with Gasteiger partial charge in [-0.3, -0.25) is 4.98 Å². The van der Waals surface area contributed by atoms with Gasteiger partial charge in [0.1, 0.15) is 10.7 Å². The Hall–Kier alpha value is -1.79. The molecule has 0 atom stereocenters. The molecule has 0 aliphatic heterocycles. The summed E-state index contributed by atoms with van der Waals surface area (Å²) >= 11 is 0. The van der Waals surface area contributed by atoms with E-state index in [9.17, 15) is 12.8 Å². The first-order chi connectivity index (χ1) is 8.59. The van der Waals surface area contributed by atoms with E-state index in [0.717, 1.165) is 6.07 Å². The van der Waals surface area contributed by atoms with Crippen LogP contribution in [-0.4, -0.2) is 13.4 Å². The minimum atomic E-state index is -3.84. The molecule has 0 bridgehead atoms. The summed E-state index contributed by atoms with van der Waals surface area (Å²) < 4.78 is 39.4. The van der Waals surface area contributed by atoms with Gasteiger partial charge in [0.15, 0.2) is 0 Å². The second-order valence-corrected chi connectivity index (χ2v) is 5.35. The van der Waals surface area contributed by atoms with Gasteiger partial charge in [-0.25, -0.2) is 17.5 Å². The third-order valence-electron chi connectivity index (χ3n) is 2.32. The number of pyridine rings is 1. The van der Waals surface area contributed by atoms with E-state index in [1.165, 1.54) is 18.2 Å². The van der Waals surface area contributed by atoms with E-state index >= 15 is 0 Å². The van der Waals surface area contributed by atoms with Gasteiger partial charge in [-0.2, -0.15) is 0 Å². The molecule has 0 saturated carbocycles. The van der Waals surface area contributed by atoms with Gasteiger partial charge < -0.3 is 0 Å². The first-order valence-corrected chi connectivity index (χ1v) is 6.71. The number of halogens is 1. The Kier molecular flexibility index (Phi) is 3.69. The molecule has 0 amide bonds. The van der Waals surface area contributed by atoms with Gasteiger partial charge in [0.2, 0.25) is 10.0 Å². The minimum absolute atomic E-state index is 0.0739. The highest BCUT2D eigenvalue weighted by Crippen LogP contribution is 2.13. The Morgan fingerprint density at radius 2 is 1.94 bits per heavy atom. The highest BCUT2D eigenvalue weighted by molar-refractivity contribution is 7.89. The van der Waals surface area contributed by atoms with Crippen molar-refractivity contribution in [2.24, 2.45) is 0 Å². The molecule has 2 aromatic rings. The van der Waals surface area contributed by atoms with Crippen LogP contribution >= 0.6 is 0 Å². The summed E-state index contributed by atoms with van der Waals surface area (Å²) in [6, 6.07) is 8.68. The van der Waals surface area contributed by atoms with Gasteiger partial charge >= 0.3 is 0 Å². The van der Waals surface area contributed by atoms with Gasteiger partial charge in [-0.1, -0.05) is 18.2 Å². The Morgan fingerprint density at radius 1 is 1.17 bits per heavy atom. The molecule has 94 valence electrons. The van der Waals surface area contributed by atoms with Gasteiger partial charge in [0, 0.05) is 18.9 Å². The smallest absolute Gasteiger partial charge is 0.243 e. The molecule has 0 unspecified atom stereocenters. The average Bonchev–Trinajstić information content (AvgIpc) is 2.38. The maximum Gasteiger partial charge on any atom is 0.243 e. The van der Waals surface area contributed by atoms with Crippen LogP contribution in [0.15, 0.2) is 53.7 Å². The van der Waals surface area contributed by atoms with E-state index in [1.807, 2.05) is 0 Å². The molecule has 1 aromatic heterocycles. The molecular formula is C12H11FN2O2S. The highest BCUT2D eigenvalue weighted by atomic mass is 32.2. The first kappa shape index (κ1) is 12.7. The standard InChI is InChI=1S/C12H11FN2O2S/c13-11-5-1-2-6-12(11)18(16,17)15-9-10-4-3-7-14-8-10/h1-8,15H,9H2. The van der Waals surface area contributed by atoms with E-state index in [2.05, 4.69) is 9.71 Å². The molecule has 4 nitrogen and oxygen atoms in total. The SMILES string of the molecule is O=S(=O)(NCc1cccnc1)c1ccccc1F. The van der Waals surface area contributed by atoms with Crippen LogP contribution in [0.1, 0.15) is 5.56 Å². The topological polar surface area (TPSA) is 59.1 Å². The largest absolute Gasteiger partial charge is 0.264 e. The third kappa shape index (κ3) is 2.91. The summed E-state index contributed by atoms with van der Waals surface area (Å²) in [5.41, 5.74) is 0.706. The zero-order valence-electron chi connectivity index (χ0n) is 9.38. The maximum absolute atomic E-state index is 13.4. The Labute approximate surface area is 105 Å². The summed E-state index contributed by atoms with van der Waals surface area (Å²) in [4.78, 5) is 3.51. The van der Waals surface area contributed by atoms with Crippen molar-refractivity contribution in [3.63, 3.8) is 0 Å². The minimum Gasteiger partial charge on any atom is -0.264 e. The van der Waals surface area contributed by atoms with Crippen molar-refractivity contribution in [1.82, 2.24) is 9.71 Å². The van der Waals surface area contributed by atoms with Gasteiger partial charge in [0.05, 0.1) is 0 Å².